The van der Waals surface area contributed by atoms with Crippen molar-refractivity contribution in [1.82, 2.24) is 0 Å². The minimum absolute atomic E-state index is 0.475. The maximum atomic E-state index is 6.15. The summed E-state index contributed by atoms with van der Waals surface area (Å²) in [4.78, 5) is 0. The molecule has 1 aromatic rings. The lowest BCUT2D eigenvalue weighted by atomic mass is 10.1. The van der Waals surface area contributed by atoms with Crippen LogP contribution in [0.1, 0.15) is 26.7 Å². The Kier molecular flexibility index (Phi) is 5.72. The molecule has 1 aliphatic rings. The van der Waals surface area contributed by atoms with Gasteiger partial charge in [-0.25, -0.2) is 0 Å². The van der Waals surface area contributed by atoms with Crippen molar-refractivity contribution in [3.63, 3.8) is 0 Å². The zero-order valence-corrected chi connectivity index (χ0v) is 14.4. The molecule has 19 heavy (non-hydrogen) atoms. The van der Waals surface area contributed by atoms with Gasteiger partial charge in [0.05, 0.1) is 16.8 Å². The molecule has 1 aliphatic heterocycles. The molecule has 0 aromatic heterocycles. The highest BCUT2D eigenvalue weighted by Gasteiger charge is 2.23. The van der Waals surface area contributed by atoms with Gasteiger partial charge in [0.1, 0.15) is 0 Å². The Morgan fingerprint density at radius 3 is 3.00 bits per heavy atom. The van der Waals surface area contributed by atoms with E-state index in [1.54, 1.807) is 0 Å². The summed E-state index contributed by atoms with van der Waals surface area (Å²) in [7, 11) is 0. The van der Waals surface area contributed by atoms with Crippen molar-refractivity contribution in [2.75, 3.05) is 17.7 Å². The molecule has 0 amide bonds. The second-order valence-corrected chi connectivity index (χ2v) is 7.44. The highest BCUT2D eigenvalue weighted by atomic mass is 79.9. The molecule has 1 fully saturated rings. The monoisotopic (exact) mass is 363 g/mol. The largest absolute Gasteiger partial charge is 0.491 e. The van der Waals surface area contributed by atoms with Crippen LogP contribution < -0.4 is 10.1 Å². The van der Waals surface area contributed by atoms with Crippen LogP contribution in [0.3, 0.4) is 0 Å². The number of nitrogens with one attached hydrogen (secondary N) is 1. The first-order valence-corrected chi connectivity index (χ1v) is 8.83. The van der Waals surface area contributed by atoms with E-state index < -0.39 is 0 Å². The highest BCUT2D eigenvalue weighted by molar-refractivity contribution is 9.10. The zero-order valence-electron chi connectivity index (χ0n) is 11.2. The first-order chi connectivity index (χ1) is 9.11. The van der Waals surface area contributed by atoms with Crippen LogP contribution in [0, 0.1) is 0 Å². The Morgan fingerprint density at radius 2 is 2.32 bits per heavy atom. The summed E-state index contributed by atoms with van der Waals surface area (Å²) in [6.07, 6.45) is 2.46. The number of benzene rings is 1. The van der Waals surface area contributed by atoms with E-state index in [1.807, 2.05) is 30.8 Å². The summed E-state index contributed by atoms with van der Waals surface area (Å²) in [6, 6.07) is 4.29. The van der Waals surface area contributed by atoms with Gasteiger partial charge in [-0.2, -0.15) is 11.8 Å². The SMILES string of the molecule is CCOc1c(Br)cc(Cl)cc1NC1CCCSC1C. The number of hydrogen-bond acceptors (Lipinski definition) is 3. The second-order valence-electron chi connectivity index (χ2n) is 4.67. The molecular weight excluding hydrogens is 346 g/mol. The number of rotatable bonds is 4. The Bertz CT molecular complexity index is 444. The fourth-order valence-corrected chi connectivity index (χ4v) is 4.34. The molecular formula is C14H19BrClNOS. The van der Waals surface area contributed by atoms with Crippen LogP contribution in [0.4, 0.5) is 5.69 Å². The molecule has 0 spiro atoms. The van der Waals surface area contributed by atoms with Crippen molar-refractivity contribution >= 4 is 45.0 Å². The molecule has 2 nitrogen and oxygen atoms in total. The van der Waals surface area contributed by atoms with Crippen molar-refractivity contribution in [3.8, 4) is 5.75 Å². The van der Waals surface area contributed by atoms with Gasteiger partial charge in [-0.3, -0.25) is 0 Å². The summed E-state index contributed by atoms with van der Waals surface area (Å²) < 4.78 is 6.63. The third-order valence-corrected chi connectivity index (χ3v) is 5.43. The van der Waals surface area contributed by atoms with E-state index in [-0.39, 0.29) is 0 Å². The van der Waals surface area contributed by atoms with E-state index in [0.29, 0.717) is 22.9 Å². The van der Waals surface area contributed by atoms with E-state index in [4.69, 9.17) is 16.3 Å². The van der Waals surface area contributed by atoms with E-state index in [0.717, 1.165) is 15.9 Å². The Morgan fingerprint density at radius 1 is 1.53 bits per heavy atom. The van der Waals surface area contributed by atoms with Crippen molar-refractivity contribution in [3.05, 3.63) is 21.6 Å². The van der Waals surface area contributed by atoms with Crippen LogP contribution in [0.15, 0.2) is 16.6 Å². The number of halogens is 2. The third kappa shape index (κ3) is 3.96. The fraction of sp³-hybridized carbons (Fsp3) is 0.571. The fourth-order valence-electron chi connectivity index (χ4n) is 2.27. The van der Waals surface area contributed by atoms with Gasteiger partial charge >= 0.3 is 0 Å². The third-order valence-electron chi connectivity index (χ3n) is 3.24. The lowest BCUT2D eigenvalue weighted by Gasteiger charge is -2.30. The summed E-state index contributed by atoms with van der Waals surface area (Å²) in [5.74, 6) is 2.12. The van der Waals surface area contributed by atoms with E-state index in [9.17, 15) is 0 Å². The molecule has 0 saturated carbocycles. The lowest BCUT2D eigenvalue weighted by Crippen LogP contribution is -2.32. The van der Waals surface area contributed by atoms with Crippen molar-refractivity contribution < 1.29 is 4.74 Å². The number of hydrogen-bond donors (Lipinski definition) is 1. The maximum Gasteiger partial charge on any atom is 0.156 e. The van der Waals surface area contributed by atoms with Gasteiger partial charge in [0, 0.05) is 16.3 Å². The molecule has 0 bridgehead atoms. The van der Waals surface area contributed by atoms with Gasteiger partial charge in [0.15, 0.2) is 5.75 Å². The highest BCUT2D eigenvalue weighted by Crippen LogP contribution is 2.38. The molecule has 2 atom stereocenters. The van der Waals surface area contributed by atoms with Gasteiger partial charge < -0.3 is 10.1 Å². The predicted octanol–water partition coefficient (Wildman–Crippen LogP) is 5.20. The van der Waals surface area contributed by atoms with Gasteiger partial charge in [-0.05, 0) is 53.6 Å². The molecule has 0 radical (unpaired) electrons. The lowest BCUT2D eigenvalue weighted by molar-refractivity contribution is 0.339. The standard InChI is InChI=1S/C14H19BrClNOS/c1-3-18-14-11(15)7-10(16)8-13(14)17-12-5-4-6-19-9(12)2/h7-9,12,17H,3-6H2,1-2H3. The van der Waals surface area contributed by atoms with Crippen LogP contribution in [0.2, 0.25) is 5.02 Å². The number of ether oxygens (including phenoxy) is 1. The van der Waals surface area contributed by atoms with Crippen molar-refractivity contribution in [2.24, 2.45) is 0 Å². The van der Waals surface area contributed by atoms with Crippen LogP contribution >= 0.6 is 39.3 Å². The minimum Gasteiger partial charge on any atom is -0.491 e. The van der Waals surface area contributed by atoms with Gasteiger partial charge in [-0.1, -0.05) is 18.5 Å². The Hall–Kier alpha value is -0.0600. The van der Waals surface area contributed by atoms with Gasteiger partial charge in [-0.15, -0.1) is 0 Å². The van der Waals surface area contributed by atoms with Crippen molar-refractivity contribution in [1.29, 1.82) is 0 Å². The molecule has 2 unspecified atom stereocenters. The molecule has 106 valence electrons. The quantitative estimate of drug-likeness (QED) is 0.793. The first kappa shape index (κ1) is 15.3. The van der Waals surface area contributed by atoms with E-state index >= 15 is 0 Å². The average molecular weight is 365 g/mol. The number of anilines is 1. The summed E-state index contributed by atoms with van der Waals surface area (Å²) in [6.45, 7) is 4.91. The van der Waals surface area contributed by atoms with Crippen molar-refractivity contribution in [2.45, 2.75) is 38.0 Å². The molecule has 1 heterocycles. The van der Waals surface area contributed by atoms with Crippen LogP contribution in [-0.2, 0) is 0 Å². The summed E-state index contributed by atoms with van der Waals surface area (Å²) in [5, 5.41) is 4.93. The van der Waals surface area contributed by atoms with E-state index in [1.165, 1.54) is 18.6 Å². The molecule has 2 rings (SSSR count). The van der Waals surface area contributed by atoms with Crippen LogP contribution in [0.25, 0.3) is 0 Å². The molecule has 5 heteroatoms. The first-order valence-electron chi connectivity index (χ1n) is 6.61. The minimum atomic E-state index is 0.475. The number of thioether (sulfide) groups is 1. The van der Waals surface area contributed by atoms with Gasteiger partial charge in [0.2, 0.25) is 0 Å². The Balaban J connectivity index is 2.22. The average Bonchev–Trinajstić information content (AvgIpc) is 2.36. The zero-order chi connectivity index (χ0) is 13.8. The summed E-state index contributed by atoms with van der Waals surface area (Å²) in [5.41, 5.74) is 0.987. The van der Waals surface area contributed by atoms with Gasteiger partial charge in [0.25, 0.3) is 0 Å². The topological polar surface area (TPSA) is 21.3 Å². The molecule has 0 aliphatic carbocycles. The summed E-state index contributed by atoms with van der Waals surface area (Å²) >= 11 is 11.7. The molecule has 1 saturated heterocycles. The second kappa shape index (κ2) is 7.09. The smallest absolute Gasteiger partial charge is 0.156 e. The molecule has 1 aromatic carbocycles. The predicted molar refractivity (Wildman–Crippen MR) is 88.9 cm³/mol. The van der Waals surface area contributed by atoms with E-state index in [2.05, 4.69) is 28.2 Å². The van der Waals surface area contributed by atoms with Crippen LogP contribution in [-0.4, -0.2) is 23.7 Å². The van der Waals surface area contributed by atoms with Crippen LogP contribution in [0.5, 0.6) is 5.75 Å². The maximum absolute atomic E-state index is 6.15. The molecule has 1 N–H and O–H groups in total. The Labute approximate surface area is 132 Å². The normalized spacial score (nSPS) is 23.2.